The van der Waals surface area contributed by atoms with Crippen LogP contribution in [0.15, 0.2) is 12.1 Å². The Kier molecular flexibility index (Phi) is 4.01. The summed E-state index contributed by atoms with van der Waals surface area (Å²) in [5.74, 6) is 0.636. The first-order chi connectivity index (χ1) is 9.67. The molecule has 5 heteroatoms. The lowest BCUT2D eigenvalue weighted by Gasteiger charge is -2.36. The van der Waals surface area contributed by atoms with Crippen molar-refractivity contribution in [3.8, 4) is 0 Å². The molecular weight excluding hydrogens is 268 g/mol. The largest absolute Gasteiger partial charge is 0.330 e. The van der Waals surface area contributed by atoms with Crippen LogP contribution in [0.2, 0.25) is 0 Å². The predicted molar refractivity (Wildman–Crippen MR) is 83.9 cm³/mol. The van der Waals surface area contributed by atoms with Gasteiger partial charge in [0.2, 0.25) is 0 Å². The van der Waals surface area contributed by atoms with Gasteiger partial charge in [-0.2, -0.15) is 0 Å². The van der Waals surface area contributed by atoms with Gasteiger partial charge in [0, 0.05) is 12.6 Å². The summed E-state index contributed by atoms with van der Waals surface area (Å²) in [5.41, 5.74) is 7.85. The summed E-state index contributed by atoms with van der Waals surface area (Å²) in [5, 5.41) is 1.08. The number of aryl methyl sites for hydroxylation is 1. The zero-order valence-electron chi connectivity index (χ0n) is 12.2. The zero-order chi connectivity index (χ0) is 14.1. The van der Waals surface area contributed by atoms with Crippen molar-refractivity contribution in [3.05, 3.63) is 22.8 Å². The fourth-order valence-electron chi connectivity index (χ4n) is 3.00. The monoisotopic (exact) mass is 290 g/mol. The van der Waals surface area contributed by atoms with E-state index in [4.69, 9.17) is 10.7 Å². The average molecular weight is 290 g/mol. The summed E-state index contributed by atoms with van der Waals surface area (Å²) in [6.45, 7) is 7.31. The molecule has 1 aliphatic rings. The van der Waals surface area contributed by atoms with Gasteiger partial charge in [-0.05, 0) is 57.8 Å². The fraction of sp³-hybridized carbons (Fsp3) is 0.600. The summed E-state index contributed by atoms with van der Waals surface area (Å²) in [7, 11) is 0. The molecule has 0 amide bonds. The summed E-state index contributed by atoms with van der Waals surface area (Å²) in [6, 6.07) is 4.65. The number of piperidine rings is 1. The highest BCUT2D eigenvalue weighted by Crippen LogP contribution is 2.27. The minimum absolute atomic E-state index is 0.343. The minimum atomic E-state index is 0.343. The van der Waals surface area contributed by atoms with Gasteiger partial charge < -0.3 is 5.73 Å². The van der Waals surface area contributed by atoms with Crippen molar-refractivity contribution < 1.29 is 0 Å². The first-order valence-electron chi connectivity index (χ1n) is 7.35. The van der Waals surface area contributed by atoms with E-state index in [1.807, 2.05) is 6.92 Å². The van der Waals surface area contributed by atoms with Crippen LogP contribution in [0.4, 0.5) is 0 Å². The van der Waals surface area contributed by atoms with Gasteiger partial charge in [0.05, 0.1) is 15.4 Å². The van der Waals surface area contributed by atoms with E-state index in [9.17, 15) is 0 Å². The van der Waals surface area contributed by atoms with Crippen molar-refractivity contribution in [3.63, 3.8) is 0 Å². The molecule has 1 fully saturated rings. The van der Waals surface area contributed by atoms with E-state index in [1.54, 1.807) is 11.3 Å². The lowest BCUT2D eigenvalue weighted by molar-refractivity contribution is 0.132. The lowest BCUT2D eigenvalue weighted by Crippen LogP contribution is -2.39. The van der Waals surface area contributed by atoms with E-state index in [0.29, 0.717) is 12.0 Å². The van der Waals surface area contributed by atoms with Gasteiger partial charge in [-0.25, -0.2) is 9.97 Å². The van der Waals surface area contributed by atoms with Crippen LogP contribution in [0.3, 0.4) is 0 Å². The van der Waals surface area contributed by atoms with E-state index < -0.39 is 0 Å². The minimum Gasteiger partial charge on any atom is -0.330 e. The second-order valence-electron chi connectivity index (χ2n) is 5.71. The van der Waals surface area contributed by atoms with E-state index in [2.05, 4.69) is 28.9 Å². The van der Waals surface area contributed by atoms with E-state index in [0.717, 1.165) is 36.0 Å². The van der Waals surface area contributed by atoms with Gasteiger partial charge in [0.15, 0.2) is 5.65 Å². The molecule has 0 aliphatic carbocycles. The first kappa shape index (κ1) is 13.9. The Hall–Kier alpha value is -1.04. The van der Waals surface area contributed by atoms with Crippen LogP contribution in [-0.2, 0) is 0 Å². The van der Waals surface area contributed by atoms with Crippen molar-refractivity contribution in [2.45, 2.75) is 32.7 Å². The Bertz CT molecular complexity index is 595. The maximum absolute atomic E-state index is 5.83. The molecule has 2 unspecified atom stereocenters. The highest BCUT2D eigenvalue weighted by molar-refractivity contribution is 7.18. The Morgan fingerprint density at radius 3 is 3.10 bits per heavy atom. The van der Waals surface area contributed by atoms with Gasteiger partial charge in [-0.3, -0.25) is 4.90 Å². The highest BCUT2D eigenvalue weighted by atomic mass is 32.1. The first-order valence-corrected chi connectivity index (χ1v) is 8.17. The molecule has 0 spiro atoms. The summed E-state index contributed by atoms with van der Waals surface area (Å²) >= 11 is 1.71. The molecule has 108 valence electrons. The Morgan fingerprint density at radius 2 is 2.30 bits per heavy atom. The molecule has 2 aromatic heterocycles. The predicted octanol–water partition coefficient (Wildman–Crippen LogP) is 2.73. The van der Waals surface area contributed by atoms with Crippen LogP contribution in [0, 0.1) is 12.8 Å². The van der Waals surface area contributed by atoms with E-state index in [-0.39, 0.29) is 0 Å². The summed E-state index contributed by atoms with van der Waals surface area (Å²) in [6.07, 6.45) is 2.50. The van der Waals surface area contributed by atoms with Gasteiger partial charge >= 0.3 is 0 Å². The molecule has 1 aliphatic heterocycles. The molecule has 0 saturated carbocycles. The Morgan fingerprint density at radius 1 is 1.45 bits per heavy atom. The highest BCUT2D eigenvalue weighted by Gasteiger charge is 2.24. The standard InChI is InChI=1S/C15H22N4S/c1-10(19-7-3-4-12(8-16)9-19)13-5-6-14-15(18-13)17-11(2)20-14/h5-6,10,12H,3-4,7-9,16H2,1-2H3. The Labute approximate surface area is 124 Å². The quantitative estimate of drug-likeness (QED) is 0.944. The molecule has 0 radical (unpaired) electrons. The second-order valence-corrected chi connectivity index (χ2v) is 6.94. The molecule has 0 bridgehead atoms. The van der Waals surface area contributed by atoms with Crippen molar-refractivity contribution in [2.75, 3.05) is 19.6 Å². The third-order valence-corrected chi connectivity index (χ3v) is 5.17. The molecule has 2 N–H and O–H groups in total. The van der Waals surface area contributed by atoms with Gasteiger partial charge in [-0.15, -0.1) is 11.3 Å². The molecule has 2 aromatic rings. The molecular formula is C15H22N4S. The van der Waals surface area contributed by atoms with Crippen LogP contribution in [-0.4, -0.2) is 34.5 Å². The summed E-state index contributed by atoms with van der Waals surface area (Å²) in [4.78, 5) is 11.8. The van der Waals surface area contributed by atoms with Crippen LogP contribution in [0.25, 0.3) is 10.3 Å². The number of fused-ring (bicyclic) bond motifs is 1. The van der Waals surface area contributed by atoms with Gasteiger partial charge in [0.25, 0.3) is 0 Å². The third kappa shape index (κ3) is 2.71. The Balaban J connectivity index is 1.82. The number of pyridine rings is 1. The number of likely N-dealkylation sites (tertiary alicyclic amines) is 1. The number of thiazole rings is 1. The van der Waals surface area contributed by atoms with Crippen LogP contribution < -0.4 is 5.73 Å². The average Bonchev–Trinajstić information content (AvgIpc) is 2.85. The van der Waals surface area contributed by atoms with Gasteiger partial charge in [0.1, 0.15) is 0 Å². The topological polar surface area (TPSA) is 55.0 Å². The maximum Gasteiger partial charge on any atom is 0.170 e. The smallest absolute Gasteiger partial charge is 0.170 e. The second kappa shape index (κ2) is 5.76. The van der Waals surface area contributed by atoms with Crippen molar-refractivity contribution in [1.29, 1.82) is 0 Å². The SMILES string of the molecule is Cc1nc2nc(C(C)N3CCCC(CN)C3)ccc2s1. The molecule has 0 aromatic carbocycles. The molecule has 1 saturated heterocycles. The van der Waals surface area contributed by atoms with E-state index >= 15 is 0 Å². The number of hydrogen-bond donors (Lipinski definition) is 1. The van der Waals surface area contributed by atoms with Crippen molar-refractivity contribution >= 4 is 21.7 Å². The molecule has 2 atom stereocenters. The number of aromatic nitrogens is 2. The van der Waals surface area contributed by atoms with Crippen molar-refractivity contribution in [1.82, 2.24) is 14.9 Å². The normalized spacial score (nSPS) is 22.2. The number of nitrogens with two attached hydrogens (primary N) is 1. The zero-order valence-corrected chi connectivity index (χ0v) is 13.0. The van der Waals surface area contributed by atoms with Gasteiger partial charge in [-0.1, -0.05) is 0 Å². The number of rotatable bonds is 3. The third-order valence-electron chi connectivity index (χ3n) is 4.24. The molecule has 20 heavy (non-hydrogen) atoms. The van der Waals surface area contributed by atoms with Crippen LogP contribution >= 0.6 is 11.3 Å². The lowest BCUT2D eigenvalue weighted by atomic mass is 9.96. The number of hydrogen-bond acceptors (Lipinski definition) is 5. The molecule has 3 heterocycles. The maximum atomic E-state index is 5.83. The number of nitrogens with zero attached hydrogens (tertiary/aromatic N) is 3. The molecule has 4 nitrogen and oxygen atoms in total. The van der Waals surface area contributed by atoms with E-state index in [1.165, 1.54) is 17.5 Å². The summed E-state index contributed by atoms with van der Waals surface area (Å²) < 4.78 is 1.18. The fourth-order valence-corrected chi connectivity index (χ4v) is 3.77. The van der Waals surface area contributed by atoms with Crippen molar-refractivity contribution in [2.24, 2.45) is 11.7 Å². The van der Waals surface area contributed by atoms with Crippen LogP contribution in [0.1, 0.15) is 36.5 Å². The molecule has 3 rings (SSSR count). The van der Waals surface area contributed by atoms with Crippen LogP contribution in [0.5, 0.6) is 0 Å².